The number of halogens is 1. The third kappa shape index (κ3) is 2.99. The number of hydrogen-bond acceptors (Lipinski definition) is 3. The van der Waals surface area contributed by atoms with Crippen molar-refractivity contribution in [1.82, 2.24) is 14.7 Å². The van der Waals surface area contributed by atoms with Crippen LogP contribution in [0.25, 0.3) is 16.2 Å². The van der Waals surface area contributed by atoms with Gasteiger partial charge < -0.3 is 5.32 Å². The summed E-state index contributed by atoms with van der Waals surface area (Å²) in [7, 11) is 0. The van der Waals surface area contributed by atoms with Crippen LogP contribution >= 0.6 is 11.3 Å². The van der Waals surface area contributed by atoms with Crippen molar-refractivity contribution in [2.75, 3.05) is 0 Å². The number of fused-ring (bicyclic) bond motifs is 1. The van der Waals surface area contributed by atoms with Crippen molar-refractivity contribution in [2.24, 2.45) is 0 Å². The molecule has 0 aliphatic heterocycles. The Hall–Kier alpha value is -2.21. The lowest BCUT2D eigenvalue weighted by Gasteiger charge is -2.10. The summed E-state index contributed by atoms with van der Waals surface area (Å²) >= 11 is 1.37. The molecule has 120 valence electrons. The number of nitrogens with one attached hydrogen (secondary N) is 1. The monoisotopic (exact) mass is 331 g/mol. The lowest BCUT2D eigenvalue weighted by molar-refractivity contribution is 0.0942. The highest BCUT2D eigenvalue weighted by atomic mass is 32.1. The molecule has 2 aromatic heterocycles. The highest BCUT2D eigenvalue weighted by molar-refractivity contribution is 7.19. The van der Waals surface area contributed by atoms with Gasteiger partial charge in [0, 0.05) is 23.5 Å². The molecule has 23 heavy (non-hydrogen) atoms. The Labute approximate surface area is 138 Å². The molecule has 0 saturated carbocycles. The van der Waals surface area contributed by atoms with Crippen molar-refractivity contribution < 1.29 is 9.18 Å². The number of aromatic nitrogens is 2. The first-order valence-electron chi connectivity index (χ1n) is 7.55. The van der Waals surface area contributed by atoms with Gasteiger partial charge in [0.25, 0.3) is 5.91 Å². The van der Waals surface area contributed by atoms with Crippen molar-refractivity contribution >= 4 is 22.2 Å². The molecule has 1 N–H and O–H groups in total. The Kier molecular flexibility index (Phi) is 4.17. The highest BCUT2D eigenvalue weighted by Gasteiger charge is 2.19. The molecule has 4 nitrogen and oxygen atoms in total. The van der Waals surface area contributed by atoms with Crippen LogP contribution in [0.3, 0.4) is 0 Å². The number of hydrogen-bond donors (Lipinski definition) is 1. The quantitative estimate of drug-likeness (QED) is 0.784. The van der Waals surface area contributed by atoms with Crippen molar-refractivity contribution in [3.63, 3.8) is 0 Å². The number of benzene rings is 1. The summed E-state index contributed by atoms with van der Waals surface area (Å²) in [6, 6.07) is 6.38. The summed E-state index contributed by atoms with van der Waals surface area (Å²) in [6.45, 7) is 5.93. The third-order valence-corrected chi connectivity index (χ3v) is 5.05. The Morgan fingerprint density at radius 1 is 1.39 bits per heavy atom. The molecule has 0 aliphatic carbocycles. The molecular formula is C17H18FN3OS. The lowest BCUT2D eigenvalue weighted by Crippen LogP contribution is -2.31. The summed E-state index contributed by atoms with van der Waals surface area (Å²) in [5.74, 6) is -0.328. The molecule has 3 rings (SSSR count). The Morgan fingerprint density at radius 3 is 2.70 bits per heavy atom. The molecule has 1 amide bonds. The Bertz CT molecular complexity index is 851. The fraction of sp³-hybridized carbons (Fsp3) is 0.294. The van der Waals surface area contributed by atoms with E-state index < -0.39 is 0 Å². The average Bonchev–Trinajstić information content (AvgIpc) is 3.08. The number of carbonyl (C=O) groups is 1. The zero-order valence-corrected chi connectivity index (χ0v) is 14.1. The van der Waals surface area contributed by atoms with E-state index in [1.54, 1.807) is 12.1 Å². The molecule has 0 bridgehead atoms. The zero-order valence-electron chi connectivity index (χ0n) is 13.3. The number of nitrogens with zero attached hydrogens (tertiary/aromatic N) is 2. The van der Waals surface area contributed by atoms with Crippen LogP contribution in [0.15, 0.2) is 30.5 Å². The van der Waals surface area contributed by atoms with Crippen LogP contribution in [0.1, 0.15) is 35.6 Å². The van der Waals surface area contributed by atoms with E-state index in [1.807, 2.05) is 31.4 Å². The summed E-state index contributed by atoms with van der Waals surface area (Å²) < 4.78 is 14.9. The highest BCUT2D eigenvalue weighted by Crippen LogP contribution is 2.27. The van der Waals surface area contributed by atoms with E-state index in [9.17, 15) is 9.18 Å². The van der Waals surface area contributed by atoms with Gasteiger partial charge in [-0.1, -0.05) is 18.3 Å². The maximum atomic E-state index is 13.0. The molecule has 2 heterocycles. The second-order valence-electron chi connectivity index (χ2n) is 5.58. The molecule has 1 unspecified atom stereocenters. The van der Waals surface area contributed by atoms with E-state index in [0.717, 1.165) is 28.3 Å². The number of imidazole rings is 1. The molecular weight excluding hydrogens is 313 g/mol. The number of rotatable bonds is 4. The van der Waals surface area contributed by atoms with Crippen LogP contribution in [0.5, 0.6) is 0 Å². The van der Waals surface area contributed by atoms with Gasteiger partial charge in [-0.05, 0) is 44.5 Å². The van der Waals surface area contributed by atoms with E-state index in [1.165, 1.54) is 23.5 Å². The first-order valence-corrected chi connectivity index (χ1v) is 8.36. The van der Waals surface area contributed by atoms with Gasteiger partial charge in [-0.25, -0.2) is 9.37 Å². The van der Waals surface area contributed by atoms with Gasteiger partial charge in [0.1, 0.15) is 10.7 Å². The van der Waals surface area contributed by atoms with E-state index in [2.05, 4.69) is 10.3 Å². The van der Waals surface area contributed by atoms with Gasteiger partial charge in [0.2, 0.25) is 0 Å². The normalized spacial score (nSPS) is 12.5. The molecule has 6 heteroatoms. The van der Waals surface area contributed by atoms with E-state index in [0.29, 0.717) is 4.88 Å². The predicted molar refractivity (Wildman–Crippen MR) is 90.4 cm³/mol. The van der Waals surface area contributed by atoms with Gasteiger partial charge in [-0.3, -0.25) is 9.20 Å². The first-order chi connectivity index (χ1) is 11.0. The standard InChI is InChI=1S/C17H18FN3OS/c1-4-10(2)19-16(22)15-11(3)21-9-14(20-17(21)23-15)12-5-7-13(18)8-6-12/h5-10H,4H2,1-3H3,(H,19,22). The number of thiazole rings is 1. The van der Waals surface area contributed by atoms with Crippen LogP contribution in [0, 0.1) is 12.7 Å². The molecule has 3 aromatic rings. The zero-order chi connectivity index (χ0) is 16.6. The predicted octanol–water partition coefficient (Wildman–Crippen LogP) is 4.04. The fourth-order valence-electron chi connectivity index (χ4n) is 2.31. The van der Waals surface area contributed by atoms with Gasteiger partial charge in [0.15, 0.2) is 4.96 Å². The van der Waals surface area contributed by atoms with Gasteiger partial charge in [-0.15, -0.1) is 0 Å². The molecule has 0 fully saturated rings. The van der Waals surface area contributed by atoms with Crippen LogP contribution in [0.2, 0.25) is 0 Å². The molecule has 0 aliphatic rings. The second kappa shape index (κ2) is 6.12. The van der Waals surface area contributed by atoms with Crippen LogP contribution in [-0.4, -0.2) is 21.3 Å². The second-order valence-corrected chi connectivity index (χ2v) is 6.56. The van der Waals surface area contributed by atoms with Gasteiger partial charge in [-0.2, -0.15) is 0 Å². The maximum Gasteiger partial charge on any atom is 0.263 e. The lowest BCUT2D eigenvalue weighted by atomic mass is 10.2. The van der Waals surface area contributed by atoms with Crippen LogP contribution in [-0.2, 0) is 0 Å². The summed E-state index contributed by atoms with van der Waals surface area (Å²) in [5.41, 5.74) is 2.49. The summed E-state index contributed by atoms with van der Waals surface area (Å²) in [4.78, 5) is 18.3. The summed E-state index contributed by atoms with van der Waals surface area (Å²) in [5, 5.41) is 2.98. The minimum Gasteiger partial charge on any atom is -0.349 e. The average molecular weight is 331 g/mol. The Morgan fingerprint density at radius 2 is 2.09 bits per heavy atom. The van der Waals surface area contributed by atoms with Crippen molar-refractivity contribution in [2.45, 2.75) is 33.2 Å². The Balaban J connectivity index is 1.94. The first kappa shape index (κ1) is 15.7. The molecule has 0 radical (unpaired) electrons. The molecule has 1 atom stereocenters. The van der Waals surface area contributed by atoms with E-state index in [-0.39, 0.29) is 17.8 Å². The number of carbonyl (C=O) groups excluding carboxylic acids is 1. The van der Waals surface area contributed by atoms with Crippen molar-refractivity contribution in [3.8, 4) is 11.3 Å². The maximum absolute atomic E-state index is 13.0. The van der Waals surface area contributed by atoms with Crippen molar-refractivity contribution in [3.05, 3.63) is 46.9 Å². The summed E-state index contributed by atoms with van der Waals surface area (Å²) in [6.07, 6.45) is 2.77. The minimum absolute atomic E-state index is 0.0596. The minimum atomic E-state index is -0.269. The number of amides is 1. The van der Waals surface area contributed by atoms with Crippen LogP contribution in [0.4, 0.5) is 4.39 Å². The largest absolute Gasteiger partial charge is 0.349 e. The molecule has 0 spiro atoms. The molecule has 0 saturated heterocycles. The van der Waals surface area contributed by atoms with Gasteiger partial charge >= 0.3 is 0 Å². The van der Waals surface area contributed by atoms with Crippen LogP contribution < -0.4 is 5.32 Å². The van der Waals surface area contributed by atoms with Crippen molar-refractivity contribution in [1.29, 1.82) is 0 Å². The molecule has 1 aromatic carbocycles. The van der Waals surface area contributed by atoms with E-state index in [4.69, 9.17) is 0 Å². The third-order valence-electron chi connectivity index (χ3n) is 3.89. The number of aryl methyl sites for hydroxylation is 1. The smallest absolute Gasteiger partial charge is 0.263 e. The van der Waals surface area contributed by atoms with E-state index >= 15 is 0 Å². The fourth-order valence-corrected chi connectivity index (χ4v) is 3.32. The van der Waals surface area contributed by atoms with Gasteiger partial charge in [0.05, 0.1) is 5.69 Å². The SMILES string of the molecule is CCC(C)NC(=O)c1sc2nc(-c3ccc(F)cc3)cn2c1C. The topological polar surface area (TPSA) is 46.4 Å².